The van der Waals surface area contributed by atoms with Crippen LogP contribution in [0.4, 0.5) is 5.13 Å². The summed E-state index contributed by atoms with van der Waals surface area (Å²) in [5.41, 5.74) is 0.441. The van der Waals surface area contributed by atoms with Gasteiger partial charge in [-0.1, -0.05) is 0 Å². The molecule has 0 aliphatic carbocycles. The molecule has 0 aromatic carbocycles. The number of hydrogen-bond acceptors (Lipinski definition) is 6. The second-order valence-electron chi connectivity index (χ2n) is 4.76. The molecular formula is C12H16N2O3S. The van der Waals surface area contributed by atoms with Gasteiger partial charge in [0.15, 0.2) is 10.8 Å². The summed E-state index contributed by atoms with van der Waals surface area (Å²) in [7, 11) is 1.38. The third-order valence-corrected chi connectivity index (χ3v) is 4.51. The quantitative estimate of drug-likeness (QED) is 0.763. The van der Waals surface area contributed by atoms with Gasteiger partial charge in [0.05, 0.1) is 19.3 Å². The lowest BCUT2D eigenvalue weighted by Crippen LogP contribution is -2.42. The van der Waals surface area contributed by atoms with Crippen molar-refractivity contribution in [2.75, 3.05) is 25.1 Å². The lowest BCUT2D eigenvalue weighted by Gasteiger charge is -2.31. The predicted molar refractivity (Wildman–Crippen MR) is 68.3 cm³/mol. The number of aryl methyl sites for hydroxylation is 1. The summed E-state index contributed by atoms with van der Waals surface area (Å²) in [6, 6.07) is 0. The van der Waals surface area contributed by atoms with Crippen molar-refractivity contribution in [1.29, 1.82) is 0 Å². The number of morpholine rings is 1. The predicted octanol–water partition coefficient (Wildman–Crippen LogP) is 1.61. The number of anilines is 1. The van der Waals surface area contributed by atoms with Gasteiger partial charge in [-0.2, -0.15) is 0 Å². The number of carbonyl (C=O) groups excluding carboxylic acids is 1. The third kappa shape index (κ3) is 1.99. The van der Waals surface area contributed by atoms with Crippen LogP contribution in [0, 0.1) is 6.92 Å². The maximum absolute atomic E-state index is 11.6. The highest BCUT2D eigenvalue weighted by Gasteiger charge is 2.35. The molecule has 1 aromatic heterocycles. The zero-order valence-electron chi connectivity index (χ0n) is 10.5. The maximum atomic E-state index is 11.6. The molecule has 0 N–H and O–H groups in total. The van der Waals surface area contributed by atoms with Crippen LogP contribution in [0.1, 0.15) is 28.2 Å². The van der Waals surface area contributed by atoms with E-state index in [1.165, 1.54) is 7.11 Å². The molecule has 1 aromatic rings. The van der Waals surface area contributed by atoms with E-state index in [9.17, 15) is 4.79 Å². The molecule has 2 aliphatic rings. The van der Waals surface area contributed by atoms with E-state index < -0.39 is 0 Å². The zero-order chi connectivity index (χ0) is 12.7. The van der Waals surface area contributed by atoms with Crippen LogP contribution >= 0.6 is 11.3 Å². The van der Waals surface area contributed by atoms with Crippen molar-refractivity contribution in [3.63, 3.8) is 0 Å². The van der Waals surface area contributed by atoms with Gasteiger partial charge < -0.3 is 14.4 Å². The van der Waals surface area contributed by atoms with E-state index >= 15 is 0 Å². The Labute approximate surface area is 110 Å². The van der Waals surface area contributed by atoms with Crippen molar-refractivity contribution in [1.82, 2.24) is 4.98 Å². The summed E-state index contributed by atoms with van der Waals surface area (Å²) >= 11 is 1.55. The van der Waals surface area contributed by atoms with E-state index in [4.69, 9.17) is 9.47 Å². The first-order valence-corrected chi connectivity index (χ1v) is 6.95. The molecular weight excluding hydrogens is 252 g/mol. The van der Waals surface area contributed by atoms with E-state index in [1.54, 1.807) is 11.3 Å². The number of rotatable bonds is 2. The van der Waals surface area contributed by atoms with Crippen LogP contribution < -0.4 is 4.90 Å². The molecule has 2 saturated heterocycles. The molecule has 5 nitrogen and oxygen atoms in total. The van der Waals surface area contributed by atoms with Gasteiger partial charge in [0.25, 0.3) is 0 Å². The summed E-state index contributed by atoms with van der Waals surface area (Å²) in [5.74, 6) is -0.355. The van der Waals surface area contributed by atoms with Crippen LogP contribution in [0.25, 0.3) is 0 Å². The Morgan fingerprint density at radius 3 is 2.72 bits per heavy atom. The van der Waals surface area contributed by atoms with E-state index in [2.05, 4.69) is 9.88 Å². The van der Waals surface area contributed by atoms with E-state index in [0.717, 1.165) is 35.9 Å². The van der Waals surface area contributed by atoms with Crippen LogP contribution in [-0.2, 0) is 9.47 Å². The zero-order valence-corrected chi connectivity index (χ0v) is 11.3. The first-order valence-electron chi connectivity index (χ1n) is 6.13. The first kappa shape index (κ1) is 11.9. The minimum atomic E-state index is -0.355. The highest BCUT2D eigenvalue weighted by molar-refractivity contribution is 7.15. The fourth-order valence-corrected chi connectivity index (χ4v) is 3.49. The average Bonchev–Trinajstić information content (AvgIpc) is 2.92. The van der Waals surface area contributed by atoms with Crippen molar-refractivity contribution in [2.45, 2.75) is 32.0 Å². The van der Waals surface area contributed by atoms with Gasteiger partial charge in [-0.25, -0.2) is 9.78 Å². The summed E-state index contributed by atoms with van der Waals surface area (Å²) < 4.78 is 10.5. The van der Waals surface area contributed by atoms with Crippen molar-refractivity contribution in [3.8, 4) is 0 Å². The second-order valence-corrected chi connectivity index (χ2v) is 5.94. The van der Waals surface area contributed by atoms with Crippen LogP contribution in [0.2, 0.25) is 0 Å². The maximum Gasteiger partial charge on any atom is 0.357 e. The number of aromatic nitrogens is 1. The molecule has 2 aliphatic heterocycles. The SMILES string of the molecule is COC(=O)c1nc(N2CC3CCC(C2)O3)sc1C. The molecule has 3 rings (SSSR count). The molecule has 0 amide bonds. The van der Waals surface area contributed by atoms with Crippen molar-refractivity contribution >= 4 is 22.4 Å². The molecule has 2 atom stereocenters. The molecule has 3 heterocycles. The molecule has 2 unspecified atom stereocenters. The monoisotopic (exact) mass is 268 g/mol. The number of ether oxygens (including phenoxy) is 2. The van der Waals surface area contributed by atoms with Crippen molar-refractivity contribution < 1.29 is 14.3 Å². The molecule has 0 saturated carbocycles. The van der Waals surface area contributed by atoms with Crippen molar-refractivity contribution in [2.24, 2.45) is 0 Å². The average molecular weight is 268 g/mol. The Hall–Kier alpha value is -1.14. The number of methoxy groups -OCH3 is 1. The lowest BCUT2D eigenvalue weighted by molar-refractivity contribution is 0.0305. The van der Waals surface area contributed by atoms with Crippen molar-refractivity contribution in [3.05, 3.63) is 10.6 Å². The van der Waals surface area contributed by atoms with Gasteiger partial charge in [-0.3, -0.25) is 0 Å². The number of hydrogen-bond donors (Lipinski definition) is 0. The van der Waals surface area contributed by atoms with Crippen LogP contribution in [-0.4, -0.2) is 43.4 Å². The number of carbonyl (C=O) groups is 1. The number of fused-ring (bicyclic) bond motifs is 2. The van der Waals surface area contributed by atoms with Gasteiger partial charge in [0.1, 0.15) is 0 Å². The van der Waals surface area contributed by atoms with Gasteiger partial charge in [0.2, 0.25) is 0 Å². The Bertz CT molecular complexity index is 462. The number of esters is 1. The summed E-state index contributed by atoms with van der Waals surface area (Å²) in [5, 5.41) is 0.910. The summed E-state index contributed by atoms with van der Waals surface area (Å²) in [6.45, 7) is 3.66. The molecule has 18 heavy (non-hydrogen) atoms. The molecule has 98 valence electrons. The minimum Gasteiger partial charge on any atom is -0.464 e. The van der Waals surface area contributed by atoms with E-state index in [-0.39, 0.29) is 5.97 Å². The normalized spacial score (nSPS) is 26.4. The van der Waals surface area contributed by atoms with Crippen LogP contribution in [0.5, 0.6) is 0 Å². The summed E-state index contributed by atoms with van der Waals surface area (Å²) in [6.07, 6.45) is 2.93. The molecule has 0 spiro atoms. The Kier molecular flexibility index (Phi) is 2.99. The fraction of sp³-hybridized carbons (Fsp3) is 0.667. The van der Waals surface area contributed by atoms with E-state index in [0.29, 0.717) is 17.9 Å². The number of thiazole rings is 1. The van der Waals surface area contributed by atoms with Gasteiger partial charge in [-0.15, -0.1) is 11.3 Å². The van der Waals surface area contributed by atoms with Crippen LogP contribution in [0.3, 0.4) is 0 Å². The van der Waals surface area contributed by atoms with Gasteiger partial charge in [0, 0.05) is 18.0 Å². The second kappa shape index (κ2) is 4.51. The number of nitrogens with zero attached hydrogens (tertiary/aromatic N) is 2. The Balaban J connectivity index is 1.82. The van der Waals surface area contributed by atoms with Gasteiger partial charge >= 0.3 is 5.97 Å². The first-order chi connectivity index (χ1) is 8.67. The Morgan fingerprint density at radius 2 is 2.11 bits per heavy atom. The topological polar surface area (TPSA) is 51.7 Å². The molecule has 2 bridgehead atoms. The minimum absolute atomic E-state index is 0.328. The smallest absolute Gasteiger partial charge is 0.357 e. The van der Waals surface area contributed by atoms with Gasteiger partial charge in [-0.05, 0) is 19.8 Å². The summed E-state index contributed by atoms with van der Waals surface area (Å²) in [4.78, 5) is 19.1. The molecule has 2 fully saturated rings. The standard InChI is InChI=1S/C12H16N2O3S/c1-7-10(11(15)16-2)13-12(18-7)14-5-8-3-4-9(6-14)17-8/h8-9H,3-6H2,1-2H3. The molecule has 6 heteroatoms. The molecule has 0 radical (unpaired) electrons. The highest BCUT2D eigenvalue weighted by atomic mass is 32.1. The largest absolute Gasteiger partial charge is 0.464 e. The van der Waals surface area contributed by atoms with Crippen LogP contribution in [0.15, 0.2) is 0 Å². The fourth-order valence-electron chi connectivity index (χ4n) is 2.57. The highest BCUT2D eigenvalue weighted by Crippen LogP contribution is 2.33. The lowest BCUT2D eigenvalue weighted by atomic mass is 10.2. The van der Waals surface area contributed by atoms with E-state index in [1.807, 2.05) is 6.92 Å². The third-order valence-electron chi connectivity index (χ3n) is 3.48. The Morgan fingerprint density at radius 1 is 1.44 bits per heavy atom.